The first-order valence-electron chi connectivity index (χ1n) is 13.6. The van der Waals surface area contributed by atoms with E-state index >= 15 is 0 Å². The maximum absolute atomic E-state index is 12.1. The lowest BCUT2D eigenvalue weighted by Crippen LogP contribution is -2.14. The summed E-state index contributed by atoms with van der Waals surface area (Å²) in [5.74, 6) is 1.69. The monoisotopic (exact) mass is 760 g/mol. The molecule has 0 aromatic carbocycles. The van der Waals surface area contributed by atoms with Gasteiger partial charge in [-0.2, -0.15) is 4.98 Å². The minimum atomic E-state index is -0.454. The quantitative estimate of drug-likeness (QED) is 0.0516. The molecular weight excluding hydrogens is 715 g/mol. The molecular formula is C31H45IN4O6S2. The van der Waals surface area contributed by atoms with Crippen LogP contribution in [0.4, 0.5) is 0 Å². The Morgan fingerprint density at radius 3 is 1.84 bits per heavy atom. The summed E-state index contributed by atoms with van der Waals surface area (Å²) in [5.41, 5.74) is 0.370. The Morgan fingerprint density at radius 2 is 1.32 bits per heavy atom. The van der Waals surface area contributed by atoms with Crippen LogP contribution in [0.5, 0.6) is 0 Å². The molecule has 3 N–H and O–H groups in total. The van der Waals surface area contributed by atoms with E-state index in [4.69, 9.17) is 21.1 Å². The fourth-order valence-electron chi connectivity index (χ4n) is 4.77. The molecule has 0 bridgehead atoms. The van der Waals surface area contributed by atoms with Crippen LogP contribution < -0.4 is 22.4 Å². The van der Waals surface area contributed by atoms with E-state index in [1.54, 1.807) is 0 Å². The van der Waals surface area contributed by atoms with Gasteiger partial charge in [-0.15, -0.1) is 0 Å². The van der Waals surface area contributed by atoms with Gasteiger partial charge in [-0.25, -0.2) is 9.59 Å². The van der Waals surface area contributed by atoms with Gasteiger partial charge >= 0.3 is 11.3 Å². The molecule has 2 saturated carbocycles. The Kier molecular flexibility index (Phi) is 16.6. The number of thioether (sulfide) groups is 1. The molecule has 6 rings (SSSR count). The summed E-state index contributed by atoms with van der Waals surface area (Å²) in [6, 6.07) is 2.83. The molecule has 0 unspecified atom stereocenters. The third-order valence-electron chi connectivity index (χ3n) is 7.10. The number of H-pyrrole nitrogens is 3. The summed E-state index contributed by atoms with van der Waals surface area (Å²) in [6.07, 6.45) is 12.8. The van der Waals surface area contributed by atoms with Crippen LogP contribution in [0.2, 0.25) is 0 Å². The standard InChI is InChI=1S/C14H16N2O3S.C13H14N2O3S.CH3I.3CH4/c1-20-14-15-12(18)11-9(4-2-3-8-5-6-8)7-10(17)19-13(11)16-14;16-9-6-8(3-1-2-7-4-5-7)10-11(17)14-13(19)15-12(10)18-9;1-2;;;/h7-8H,2-6H2,1H3,(H,15,16,18);6-7H,1-5H2,(H2,14,15,17,19);1H3;3*1H4. The highest BCUT2D eigenvalue weighted by Gasteiger charge is 2.22. The van der Waals surface area contributed by atoms with E-state index in [1.165, 1.54) is 49.6 Å². The molecule has 0 saturated heterocycles. The van der Waals surface area contributed by atoms with Gasteiger partial charge in [0.2, 0.25) is 11.4 Å². The Morgan fingerprint density at radius 1 is 0.818 bits per heavy atom. The normalized spacial score (nSPS) is 13.3. The fraction of sp³-hybridized carbons (Fsp3) is 0.548. The SMILES string of the molecule is C.C.C.CI.CSc1nc2oc(=O)cc(CCCC3CC3)c2c(=O)[nH]1.O=c1cc(CCCC2CC2)c2c(=O)[nH]c(=S)[nH]c2o1. The summed E-state index contributed by atoms with van der Waals surface area (Å²) < 4.78 is 10.2. The van der Waals surface area contributed by atoms with Crippen molar-refractivity contribution < 1.29 is 8.83 Å². The summed E-state index contributed by atoms with van der Waals surface area (Å²) in [5, 5.41) is 1.28. The third-order valence-corrected chi connectivity index (χ3v) is 7.89. The van der Waals surface area contributed by atoms with Crippen molar-refractivity contribution in [2.45, 2.75) is 91.6 Å². The third kappa shape index (κ3) is 10.8. The van der Waals surface area contributed by atoms with Crippen LogP contribution in [0.25, 0.3) is 22.2 Å². The Hall–Kier alpha value is -2.52. The maximum atomic E-state index is 12.1. The molecule has 2 aliphatic carbocycles. The molecule has 4 aromatic heterocycles. The van der Waals surface area contributed by atoms with Crippen LogP contribution in [0.1, 0.15) is 84.8 Å². The summed E-state index contributed by atoms with van der Waals surface area (Å²) in [6.45, 7) is 0. The lowest BCUT2D eigenvalue weighted by Gasteiger charge is -2.05. The van der Waals surface area contributed by atoms with Crippen molar-refractivity contribution >= 4 is 68.8 Å². The first-order chi connectivity index (χ1) is 19.8. The zero-order valence-corrected chi connectivity index (χ0v) is 26.8. The van der Waals surface area contributed by atoms with Gasteiger partial charge in [0.15, 0.2) is 9.93 Å². The largest absolute Gasteiger partial charge is 0.405 e. The van der Waals surface area contributed by atoms with Gasteiger partial charge in [0.05, 0.1) is 0 Å². The van der Waals surface area contributed by atoms with Crippen LogP contribution in [-0.2, 0) is 12.8 Å². The van der Waals surface area contributed by atoms with E-state index in [-0.39, 0.29) is 49.6 Å². The van der Waals surface area contributed by atoms with Crippen LogP contribution in [0.15, 0.2) is 45.3 Å². The van der Waals surface area contributed by atoms with Gasteiger partial charge in [0.1, 0.15) is 10.8 Å². The van der Waals surface area contributed by atoms with E-state index in [9.17, 15) is 19.2 Å². The number of aromatic amines is 3. The van der Waals surface area contributed by atoms with Crippen molar-refractivity contribution in [2.75, 3.05) is 11.2 Å². The topological polar surface area (TPSA) is 155 Å². The Balaban J connectivity index is 0.000000392. The van der Waals surface area contributed by atoms with Gasteiger partial charge < -0.3 is 18.8 Å². The van der Waals surface area contributed by atoms with E-state index in [1.807, 2.05) is 11.2 Å². The zero-order valence-electron chi connectivity index (χ0n) is 23.0. The lowest BCUT2D eigenvalue weighted by molar-refractivity contribution is 0.540. The first kappa shape index (κ1) is 39.5. The minimum Gasteiger partial charge on any atom is -0.405 e. The number of hydrogen-bond donors (Lipinski definition) is 3. The van der Waals surface area contributed by atoms with Crippen molar-refractivity contribution in [1.29, 1.82) is 0 Å². The highest BCUT2D eigenvalue weighted by molar-refractivity contribution is 14.1. The predicted octanol–water partition coefficient (Wildman–Crippen LogP) is 7.56. The Labute approximate surface area is 280 Å². The second-order valence-corrected chi connectivity index (χ2v) is 11.4. The number of aromatic nitrogens is 4. The average molecular weight is 761 g/mol. The van der Waals surface area contributed by atoms with Gasteiger partial charge in [0.25, 0.3) is 11.1 Å². The number of halogens is 1. The van der Waals surface area contributed by atoms with Crippen molar-refractivity contribution in [1.82, 2.24) is 19.9 Å². The smallest absolute Gasteiger partial charge is 0.337 e. The number of aryl methyl sites for hydroxylation is 2. The van der Waals surface area contributed by atoms with Crippen LogP contribution >= 0.6 is 46.6 Å². The van der Waals surface area contributed by atoms with Gasteiger partial charge in [0, 0.05) is 12.1 Å². The molecule has 10 nitrogen and oxygen atoms in total. The summed E-state index contributed by atoms with van der Waals surface area (Å²) in [4.78, 5) is 61.3. The molecule has 13 heteroatoms. The molecule has 4 heterocycles. The second-order valence-electron chi connectivity index (χ2n) is 10.2. The zero-order chi connectivity index (χ0) is 29.5. The maximum Gasteiger partial charge on any atom is 0.337 e. The van der Waals surface area contributed by atoms with Crippen molar-refractivity contribution in [2.24, 2.45) is 11.8 Å². The number of nitrogens with zero attached hydrogens (tertiary/aromatic N) is 1. The van der Waals surface area contributed by atoms with Gasteiger partial charge in [-0.1, -0.05) is 95.2 Å². The molecule has 244 valence electrons. The molecule has 0 amide bonds. The molecule has 2 aliphatic rings. The van der Waals surface area contributed by atoms with Crippen molar-refractivity contribution in [3.8, 4) is 0 Å². The number of hydrogen-bond acceptors (Lipinski definition) is 9. The van der Waals surface area contributed by atoms with E-state index in [0.717, 1.165) is 55.1 Å². The molecule has 0 spiro atoms. The fourth-order valence-corrected chi connectivity index (χ4v) is 5.33. The van der Waals surface area contributed by atoms with E-state index in [0.29, 0.717) is 22.3 Å². The molecule has 4 aromatic rings. The second kappa shape index (κ2) is 18.4. The van der Waals surface area contributed by atoms with Gasteiger partial charge in [-0.3, -0.25) is 14.6 Å². The first-order valence-corrected chi connectivity index (χ1v) is 17.4. The molecule has 0 atom stereocenters. The number of fused-ring (bicyclic) bond motifs is 2. The predicted molar refractivity (Wildman–Crippen MR) is 192 cm³/mol. The average Bonchev–Trinajstić information content (AvgIpc) is 3.85. The highest BCUT2D eigenvalue weighted by Crippen LogP contribution is 2.34. The van der Waals surface area contributed by atoms with Gasteiger partial charge in [-0.05, 0) is 72.1 Å². The Bertz CT molecular complexity index is 1800. The van der Waals surface area contributed by atoms with Crippen LogP contribution in [0.3, 0.4) is 0 Å². The number of nitrogens with one attached hydrogen (secondary N) is 3. The lowest BCUT2D eigenvalue weighted by atomic mass is 10.1. The number of rotatable bonds is 9. The number of alkyl halides is 1. The van der Waals surface area contributed by atoms with Crippen molar-refractivity contribution in [3.05, 3.63) is 69.6 Å². The summed E-state index contributed by atoms with van der Waals surface area (Å²) >= 11 is 8.33. The molecule has 2 fully saturated rings. The van der Waals surface area contributed by atoms with Crippen molar-refractivity contribution in [3.63, 3.8) is 0 Å². The summed E-state index contributed by atoms with van der Waals surface area (Å²) in [7, 11) is 0. The van der Waals surface area contributed by atoms with Crippen LogP contribution in [0, 0.1) is 16.6 Å². The van der Waals surface area contributed by atoms with E-state index < -0.39 is 11.3 Å². The molecule has 44 heavy (non-hydrogen) atoms. The van der Waals surface area contributed by atoms with E-state index in [2.05, 4.69) is 42.5 Å². The van der Waals surface area contributed by atoms with Crippen LogP contribution in [-0.4, -0.2) is 31.1 Å². The highest BCUT2D eigenvalue weighted by atomic mass is 127. The minimum absolute atomic E-state index is 0. The molecule has 0 radical (unpaired) electrons. The molecule has 0 aliphatic heterocycles.